The summed E-state index contributed by atoms with van der Waals surface area (Å²) in [6.07, 6.45) is 3.44. The monoisotopic (exact) mass is 387 g/mol. The Kier molecular flexibility index (Phi) is 6.46. The summed E-state index contributed by atoms with van der Waals surface area (Å²) < 4.78 is 15.6. The fourth-order valence-electron chi connectivity index (χ4n) is 3.03. The molecule has 1 amide bonds. The average molecular weight is 387 g/mol. The summed E-state index contributed by atoms with van der Waals surface area (Å²) in [7, 11) is 4.59. The highest BCUT2D eigenvalue weighted by atomic mass is 16.5. The molecule has 1 aliphatic rings. The molecule has 0 unspecified atom stereocenters. The van der Waals surface area contributed by atoms with Crippen LogP contribution in [-0.4, -0.2) is 55.3 Å². The van der Waals surface area contributed by atoms with E-state index in [1.807, 2.05) is 0 Å². The van der Waals surface area contributed by atoms with Crippen LogP contribution in [0.4, 0.5) is 5.95 Å². The molecule has 0 spiro atoms. The lowest BCUT2D eigenvalue weighted by molar-refractivity contribution is 0.0949. The molecular formula is C19H25N5O4. The number of hydrogen-bond acceptors (Lipinski definition) is 8. The quantitative estimate of drug-likeness (QED) is 0.768. The highest BCUT2D eigenvalue weighted by Gasteiger charge is 2.17. The number of carbonyl (C=O) groups excluding carboxylic acids is 1. The lowest BCUT2D eigenvalue weighted by atomic mass is 10.1. The minimum atomic E-state index is -0.264. The van der Waals surface area contributed by atoms with E-state index >= 15 is 0 Å². The van der Waals surface area contributed by atoms with Gasteiger partial charge in [0.05, 0.1) is 27.9 Å². The van der Waals surface area contributed by atoms with Crippen LogP contribution >= 0.6 is 0 Å². The van der Waals surface area contributed by atoms with Crippen molar-refractivity contribution in [3.63, 3.8) is 0 Å². The van der Waals surface area contributed by atoms with Crippen LogP contribution in [0.5, 0.6) is 17.5 Å². The van der Waals surface area contributed by atoms with Gasteiger partial charge in [-0.2, -0.15) is 15.0 Å². The van der Waals surface area contributed by atoms with E-state index in [-0.39, 0.29) is 18.5 Å². The largest absolute Gasteiger partial charge is 0.493 e. The van der Waals surface area contributed by atoms with Gasteiger partial charge in [-0.3, -0.25) is 4.79 Å². The number of nitrogens with one attached hydrogen (secondary N) is 1. The molecule has 150 valence electrons. The van der Waals surface area contributed by atoms with E-state index in [0.717, 1.165) is 25.9 Å². The number of nitrogens with zero attached hydrogens (tertiary/aromatic N) is 4. The SMILES string of the molecule is COc1nc(CNC(=O)c2ccc(OC)c(OC)c2)nc(N2CCCCC2)n1. The predicted octanol–water partition coefficient (Wildman–Crippen LogP) is 1.82. The average Bonchev–Trinajstić information content (AvgIpc) is 2.77. The number of piperidine rings is 1. The van der Waals surface area contributed by atoms with E-state index in [9.17, 15) is 4.79 Å². The van der Waals surface area contributed by atoms with Gasteiger partial charge in [-0.1, -0.05) is 0 Å². The summed E-state index contributed by atoms with van der Waals surface area (Å²) in [5, 5.41) is 2.82. The maximum Gasteiger partial charge on any atom is 0.321 e. The Morgan fingerprint density at radius 3 is 2.43 bits per heavy atom. The predicted molar refractivity (Wildman–Crippen MR) is 103 cm³/mol. The maximum atomic E-state index is 12.5. The molecule has 1 saturated heterocycles. The molecule has 0 aliphatic carbocycles. The molecule has 9 heteroatoms. The third kappa shape index (κ3) is 4.59. The van der Waals surface area contributed by atoms with Crippen molar-refractivity contribution in [3.8, 4) is 17.5 Å². The van der Waals surface area contributed by atoms with Crippen molar-refractivity contribution in [2.75, 3.05) is 39.3 Å². The van der Waals surface area contributed by atoms with Crippen LogP contribution < -0.4 is 24.4 Å². The topological polar surface area (TPSA) is 98.7 Å². The molecule has 1 aromatic carbocycles. The van der Waals surface area contributed by atoms with Crippen LogP contribution in [0, 0.1) is 0 Å². The third-order valence-electron chi connectivity index (χ3n) is 4.52. The van der Waals surface area contributed by atoms with Crippen molar-refractivity contribution in [2.45, 2.75) is 25.8 Å². The number of anilines is 1. The number of rotatable bonds is 7. The molecule has 0 saturated carbocycles. The maximum absolute atomic E-state index is 12.5. The van der Waals surface area contributed by atoms with Crippen molar-refractivity contribution in [2.24, 2.45) is 0 Å². The zero-order valence-corrected chi connectivity index (χ0v) is 16.4. The number of hydrogen-bond donors (Lipinski definition) is 1. The summed E-state index contributed by atoms with van der Waals surface area (Å²) in [6, 6.07) is 5.23. The molecule has 0 radical (unpaired) electrons. The highest BCUT2D eigenvalue weighted by Crippen LogP contribution is 2.27. The van der Waals surface area contributed by atoms with Crippen molar-refractivity contribution < 1.29 is 19.0 Å². The first-order valence-corrected chi connectivity index (χ1v) is 9.18. The van der Waals surface area contributed by atoms with E-state index in [2.05, 4.69) is 25.2 Å². The Balaban J connectivity index is 1.72. The number of aromatic nitrogens is 3. The van der Waals surface area contributed by atoms with E-state index in [1.165, 1.54) is 20.6 Å². The van der Waals surface area contributed by atoms with Crippen LogP contribution in [0.25, 0.3) is 0 Å². The van der Waals surface area contributed by atoms with Crippen LogP contribution in [0.1, 0.15) is 35.4 Å². The van der Waals surface area contributed by atoms with Gasteiger partial charge in [0.2, 0.25) is 5.95 Å². The molecule has 1 fully saturated rings. The number of methoxy groups -OCH3 is 3. The van der Waals surface area contributed by atoms with Gasteiger partial charge in [0.15, 0.2) is 17.3 Å². The normalized spacial score (nSPS) is 13.8. The fourth-order valence-corrected chi connectivity index (χ4v) is 3.03. The summed E-state index contributed by atoms with van der Waals surface area (Å²) in [5.74, 6) is 1.82. The van der Waals surface area contributed by atoms with Crippen LogP contribution in [-0.2, 0) is 6.54 Å². The number of ether oxygens (including phenoxy) is 3. The Hall–Kier alpha value is -3.10. The molecule has 1 aliphatic heterocycles. The summed E-state index contributed by atoms with van der Waals surface area (Å²) in [6.45, 7) is 1.97. The second-order valence-corrected chi connectivity index (χ2v) is 6.34. The lowest BCUT2D eigenvalue weighted by Gasteiger charge is -2.26. The Bertz CT molecular complexity index is 824. The van der Waals surface area contributed by atoms with E-state index in [1.54, 1.807) is 25.3 Å². The Labute approximate surface area is 164 Å². The second-order valence-electron chi connectivity index (χ2n) is 6.34. The summed E-state index contributed by atoms with van der Waals surface area (Å²) in [4.78, 5) is 27.7. The number of carbonyl (C=O) groups is 1. The molecule has 2 heterocycles. The Morgan fingerprint density at radius 2 is 1.75 bits per heavy atom. The Morgan fingerprint density at radius 1 is 1.00 bits per heavy atom. The standard InChI is InChI=1S/C19H25N5O4/c1-26-14-8-7-13(11-15(14)27-2)17(25)20-12-16-21-18(23-19(22-16)28-3)24-9-5-4-6-10-24/h7-8,11H,4-6,9-10,12H2,1-3H3,(H,20,25). The van der Waals surface area contributed by atoms with Gasteiger partial charge >= 0.3 is 6.01 Å². The molecule has 28 heavy (non-hydrogen) atoms. The molecule has 0 bridgehead atoms. The van der Waals surface area contributed by atoms with Crippen LogP contribution in [0.15, 0.2) is 18.2 Å². The molecule has 1 aromatic heterocycles. The second kappa shape index (κ2) is 9.20. The van der Waals surface area contributed by atoms with Crippen molar-refractivity contribution in [3.05, 3.63) is 29.6 Å². The van der Waals surface area contributed by atoms with Gasteiger partial charge in [0, 0.05) is 18.7 Å². The zero-order chi connectivity index (χ0) is 19.9. The minimum absolute atomic E-state index is 0.160. The van der Waals surface area contributed by atoms with Gasteiger partial charge in [0.1, 0.15) is 0 Å². The summed E-state index contributed by atoms with van der Waals surface area (Å²) in [5.41, 5.74) is 0.454. The molecule has 2 aromatic rings. The van der Waals surface area contributed by atoms with E-state index in [4.69, 9.17) is 14.2 Å². The van der Waals surface area contributed by atoms with Gasteiger partial charge in [0.25, 0.3) is 5.91 Å². The van der Waals surface area contributed by atoms with Crippen molar-refractivity contribution in [1.82, 2.24) is 20.3 Å². The summed E-state index contributed by atoms with van der Waals surface area (Å²) >= 11 is 0. The molecule has 1 N–H and O–H groups in total. The minimum Gasteiger partial charge on any atom is -0.493 e. The molecular weight excluding hydrogens is 362 g/mol. The van der Waals surface area contributed by atoms with E-state index < -0.39 is 0 Å². The smallest absolute Gasteiger partial charge is 0.321 e. The zero-order valence-electron chi connectivity index (χ0n) is 16.4. The van der Waals surface area contributed by atoms with Gasteiger partial charge in [-0.25, -0.2) is 0 Å². The van der Waals surface area contributed by atoms with Gasteiger partial charge < -0.3 is 24.4 Å². The lowest BCUT2D eigenvalue weighted by Crippen LogP contribution is -2.32. The third-order valence-corrected chi connectivity index (χ3v) is 4.52. The van der Waals surface area contributed by atoms with Gasteiger partial charge in [-0.15, -0.1) is 0 Å². The molecule has 9 nitrogen and oxygen atoms in total. The van der Waals surface area contributed by atoms with Crippen molar-refractivity contribution >= 4 is 11.9 Å². The first-order valence-electron chi connectivity index (χ1n) is 9.18. The number of benzene rings is 1. The fraction of sp³-hybridized carbons (Fsp3) is 0.474. The van der Waals surface area contributed by atoms with Gasteiger partial charge in [-0.05, 0) is 37.5 Å². The number of amides is 1. The first kappa shape index (κ1) is 19.7. The van der Waals surface area contributed by atoms with Crippen molar-refractivity contribution in [1.29, 1.82) is 0 Å². The van der Waals surface area contributed by atoms with E-state index in [0.29, 0.717) is 28.8 Å². The molecule has 3 rings (SSSR count). The van der Waals surface area contributed by atoms with Crippen LogP contribution in [0.2, 0.25) is 0 Å². The molecule has 0 atom stereocenters. The first-order chi connectivity index (χ1) is 13.6. The van der Waals surface area contributed by atoms with Crippen LogP contribution in [0.3, 0.4) is 0 Å². The highest BCUT2D eigenvalue weighted by molar-refractivity contribution is 5.94.